The van der Waals surface area contributed by atoms with Crippen molar-refractivity contribution >= 4 is 34.0 Å². The van der Waals surface area contributed by atoms with Gasteiger partial charge >= 0.3 is 0 Å². The molecule has 3 rings (SSSR count). The quantitative estimate of drug-likeness (QED) is 0.693. The second-order valence-electron chi connectivity index (χ2n) is 4.23. The molecule has 1 nitrogen and oxygen atoms in total. The molecule has 1 N–H and O–H groups in total. The monoisotopic (exact) mass is 306 g/mol. The van der Waals surface area contributed by atoms with Crippen molar-refractivity contribution in [3.63, 3.8) is 0 Å². The molecule has 4 heteroatoms. The van der Waals surface area contributed by atoms with E-state index >= 15 is 0 Å². The molecule has 0 aliphatic heterocycles. The Balaban J connectivity index is 1.81. The van der Waals surface area contributed by atoms with E-state index in [2.05, 4.69) is 41.8 Å². The van der Waals surface area contributed by atoms with Crippen molar-refractivity contribution in [1.29, 1.82) is 0 Å². The van der Waals surface area contributed by atoms with Gasteiger partial charge in [0.25, 0.3) is 0 Å². The molecular formula is C15H14OS3. The molecular weight excluding hydrogens is 292 g/mol. The number of aliphatic hydroxyl groups excluding tert-OH is 1. The van der Waals surface area contributed by atoms with E-state index in [1.54, 1.807) is 11.3 Å². The molecule has 0 bridgehead atoms. The third-order valence-electron chi connectivity index (χ3n) is 2.86. The summed E-state index contributed by atoms with van der Waals surface area (Å²) in [5, 5.41) is 11.0. The fraction of sp³-hybridized carbons (Fsp3) is 0.200. The minimum atomic E-state index is 0.273. The van der Waals surface area contributed by atoms with Crippen molar-refractivity contribution in [2.45, 2.75) is 12.8 Å². The van der Waals surface area contributed by atoms with E-state index in [1.807, 2.05) is 22.7 Å². The zero-order valence-electron chi connectivity index (χ0n) is 10.3. The molecule has 0 radical (unpaired) electrons. The Hall–Kier alpha value is -0.940. The highest BCUT2D eigenvalue weighted by atomic mass is 32.1. The van der Waals surface area contributed by atoms with Crippen LogP contribution in [0.5, 0.6) is 0 Å². The fourth-order valence-electron chi connectivity index (χ4n) is 1.92. The van der Waals surface area contributed by atoms with Crippen LogP contribution < -0.4 is 0 Å². The Morgan fingerprint density at radius 3 is 2.32 bits per heavy atom. The van der Waals surface area contributed by atoms with Crippen LogP contribution in [-0.2, 0) is 6.42 Å². The fourth-order valence-corrected chi connectivity index (χ4v) is 4.90. The summed E-state index contributed by atoms with van der Waals surface area (Å²) in [6.45, 7) is 0.273. The lowest BCUT2D eigenvalue weighted by atomic mass is 10.3. The van der Waals surface area contributed by atoms with E-state index in [-0.39, 0.29) is 6.61 Å². The van der Waals surface area contributed by atoms with Gasteiger partial charge in [0.15, 0.2) is 0 Å². The summed E-state index contributed by atoms with van der Waals surface area (Å²) in [4.78, 5) is 6.71. The summed E-state index contributed by atoms with van der Waals surface area (Å²) >= 11 is 5.48. The third kappa shape index (κ3) is 2.98. The maximum absolute atomic E-state index is 8.87. The van der Waals surface area contributed by atoms with Gasteiger partial charge in [-0.2, -0.15) is 0 Å². The minimum absolute atomic E-state index is 0.273. The lowest BCUT2D eigenvalue weighted by Crippen LogP contribution is -1.84. The molecule has 0 unspecified atom stereocenters. The maximum atomic E-state index is 8.87. The first-order chi connectivity index (χ1) is 9.36. The molecule has 3 heterocycles. The molecule has 0 fully saturated rings. The minimum Gasteiger partial charge on any atom is -0.396 e. The van der Waals surface area contributed by atoms with Gasteiger partial charge in [-0.3, -0.25) is 0 Å². The molecule has 0 aliphatic carbocycles. The predicted molar refractivity (Wildman–Crippen MR) is 86.4 cm³/mol. The van der Waals surface area contributed by atoms with Crippen LogP contribution in [0.15, 0.2) is 41.8 Å². The predicted octanol–water partition coefficient (Wildman–Crippen LogP) is 5.13. The van der Waals surface area contributed by atoms with Crippen LogP contribution in [0.3, 0.4) is 0 Å². The van der Waals surface area contributed by atoms with E-state index in [1.165, 1.54) is 24.4 Å². The Kier molecular flexibility index (Phi) is 4.13. The molecule has 3 aromatic rings. The van der Waals surface area contributed by atoms with Crippen LogP contribution in [0.4, 0.5) is 0 Å². The lowest BCUT2D eigenvalue weighted by Gasteiger charge is -1.93. The number of hydrogen-bond acceptors (Lipinski definition) is 4. The van der Waals surface area contributed by atoms with E-state index in [0.29, 0.717) is 0 Å². The van der Waals surface area contributed by atoms with Crippen LogP contribution in [0.2, 0.25) is 0 Å². The van der Waals surface area contributed by atoms with Crippen molar-refractivity contribution in [2.75, 3.05) is 6.61 Å². The summed E-state index contributed by atoms with van der Waals surface area (Å²) in [5.74, 6) is 0. The molecule has 0 aliphatic rings. The average Bonchev–Trinajstić information content (AvgIpc) is 3.14. The van der Waals surface area contributed by atoms with Gasteiger partial charge in [-0.1, -0.05) is 6.07 Å². The first kappa shape index (κ1) is 13.1. The number of thiophene rings is 3. The molecule has 98 valence electrons. The smallest absolute Gasteiger partial charge is 0.0449 e. The number of aliphatic hydroxyl groups is 1. The standard InChI is InChI=1S/C15H14OS3/c16-9-1-3-11-5-6-14(18-11)15-8-7-13(19-15)12-4-2-10-17-12/h2,4-8,10,16H,1,3,9H2. The summed E-state index contributed by atoms with van der Waals surface area (Å²) in [5.41, 5.74) is 0. The van der Waals surface area contributed by atoms with Gasteiger partial charge in [0, 0.05) is 31.0 Å². The van der Waals surface area contributed by atoms with Crippen LogP contribution in [0, 0.1) is 0 Å². The van der Waals surface area contributed by atoms with E-state index < -0.39 is 0 Å². The van der Waals surface area contributed by atoms with Crippen molar-refractivity contribution < 1.29 is 5.11 Å². The number of rotatable bonds is 5. The van der Waals surface area contributed by atoms with Gasteiger partial charge in [0.2, 0.25) is 0 Å². The molecule has 0 saturated heterocycles. The SMILES string of the molecule is OCCCc1ccc(-c2ccc(-c3cccs3)s2)s1. The summed E-state index contributed by atoms with van der Waals surface area (Å²) in [6.07, 6.45) is 1.83. The average molecular weight is 306 g/mol. The summed E-state index contributed by atoms with van der Waals surface area (Å²) < 4.78 is 0. The van der Waals surface area contributed by atoms with Crippen LogP contribution in [0.1, 0.15) is 11.3 Å². The second-order valence-corrected chi connectivity index (χ2v) is 7.43. The molecule has 19 heavy (non-hydrogen) atoms. The summed E-state index contributed by atoms with van der Waals surface area (Å²) in [6, 6.07) is 13.1. The zero-order valence-corrected chi connectivity index (χ0v) is 12.8. The van der Waals surface area contributed by atoms with Gasteiger partial charge < -0.3 is 5.11 Å². The molecule has 0 saturated carbocycles. The largest absolute Gasteiger partial charge is 0.396 e. The Bertz CT molecular complexity index is 634. The van der Waals surface area contributed by atoms with E-state index in [4.69, 9.17) is 5.11 Å². The molecule has 0 spiro atoms. The summed E-state index contributed by atoms with van der Waals surface area (Å²) in [7, 11) is 0. The zero-order chi connectivity index (χ0) is 13.1. The van der Waals surface area contributed by atoms with E-state index in [0.717, 1.165) is 12.8 Å². The molecule has 0 aromatic carbocycles. The van der Waals surface area contributed by atoms with E-state index in [9.17, 15) is 0 Å². The Morgan fingerprint density at radius 1 is 0.842 bits per heavy atom. The van der Waals surface area contributed by atoms with Gasteiger partial charge in [-0.15, -0.1) is 34.0 Å². The van der Waals surface area contributed by atoms with Gasteiger partial charge in [-0.25, -0.2) is 0 Å². The Labute approximate surface area is 124 Å². The van der Waals surface area contributed by atoms with Gasteiger partial charge in [-0.05, 0) is 48.6 Å². The topological polar surface area (TPSA) is 20.2 Å². The highest BCUT2D eigenvalue weighted by Gasteiger charge is 2.08. The number of hydrogen-bond donors (Lipinski definition) is 1. The second kappa shape index (κ2) is 6.01. The van der Waals surface area contributed by atoms with Crippen LogP contribution in [-0.4, -0.2) is 11.7 Å². The third-order valence-corrected chi connectivity index (χ3v) is 6.35. The van der Waals surface area contributed by atoms with Crippen LogP contribution >= 0.6 is 34.0 Å². The first-order valence-electron chi connectivity index (χ1n) is 6.20. The lowest BCUT2D eigenvalue weighted by molar-refractivity contribution is 0.289. The highest BCUT2D eigenvalue weighted by Crippen LogP contribution is 2.39. The molecule has 0 amide bonds. The van der Waals surface area contributed by atoms with Crippen molar-refractivity contribution in [3.05, 3.63) is 46.7 Å². The normalized spacial score (nSPS) is 11.0. The van der Waals surface area contributed by atoms with Crippen molar-refractivity contribution in [1.82, 2.24) is 0 Å². The molecule has 0 atom stereocenters. The molecule has 3 aromatic heterocycles. The van der Waals surface area contributed by atoms with Crippen molar-refractivity contribution in [3.8, 4) is 19.5 Å². The first-order valence-corrected chi connectivity index (χ1v) is 8.72. The van der Waals surface area contributed by atoms with Gasteiger partial charge in [0.05, 0.1) is 0 Å². The van der Waals surface area contributed by atoms with Gasteiger partial charge in [0.1, 0.15) is 0 Å². The maximum Gasteiger partial charge on any atom is 0.0449 e. The Morgan fingerprint density at radius 2 is 1.58 bits per heavy atom. The number of aryl methyl sites for hydroxylation is 1. The van der Waals surface area contributed by atoms with Crippen LogP contribution in [0.25, 0.3) is 19.5 Å². The van der Waals surface area contributed by atoms with Crippen molar-refractivity contribution in [2.24, 2.45) is 0 Å². The highest BCUT2D eigenvalue weighted by molar-refractivity contribution is 7.26.